The molecule has 0 spiro atoms. The van der Waals surface area contributed by atoms with E-state index in [9.17, 15) is 0 Å². The van der Waals surface area contributed by atoms with Crippen LogP contribution in [0.3, 0.4) is 0 Å². The normalized spacial score (nSPS) is 14.8. The maximum Gasteiger partial charge on any atom is 0.218 e. The van der Waals surface area contributed by atoms with Gasteiger partial charge in [0.25, 0.3) is 0 Å². The summed E-state index contributed by atoms with van der Waals surface area (Å²) in [5.74, 6) is 2.30. The summed E-state index contributed by atoms with van der Waals surface area (Å²) < 4.78 is 5.35. The minimum absolute atomic E-state index is 0.105. The molecule has 1 atom stereocenters. The van der Waals surface area contributed by atoms with Gasteiger partial charge in [-0.05, 0) is 13.8 Å². The van der Waals surface area contributed by atoms with Crippen LogP contribution in [-0.4, -0.2) is 10.8 Å². The molecule has 4 nitrogen and oxygen atoms in total. The van der Waals surface area contributed by atoms with E-state index in [2.05, 4.69) is 9.98 Å². The number of aryl methyl sites for hydroxylation is 1. The van der Waals surface area contributed by atoms with E-state index in [0.29, 0.717) is 11.7 Å². The first kappa shape index (κ1) is 10.8. The second kappa shape index (κ2) is 4.26. The van der Waals surface area contributed by atoms with Crippen LogP contribution in [0.15, 0.2) is 15.6 Å². The molecule has 0 bridgehead atoms. The summed E-state index contributed by atoms with van der Waals surface area (Å²) in [7, 11) is 0. The Hall–Kier alpha value is -1.32. The molecule has 0 saturated heterocycles. The molecular weight excluding hydrogens is 178 g/mol. The van der Waals surface area contributed by atoms with Crippen molar-refractivity contribution >= 4 is 5.84 Å². The summed E-state index contributed by atoms with van der Waals surface area (Å²) in [5, 5.41) is 0. The average Bonchev–Trinajstić information content (AvgIpc) is 2.51. The van der Waals surface area contributed by atoms with Crippen molar-refractivity contribution < 1.29 is 4.42 Å². The zero-order valence-corrected chi connectivity index (χ0v) is 9.11. The van der Waals surface area contributed by atoms with Crippen molar-refractivity contribution in [3.05, 3.63) is 17.8 Å². The third-order valence-electron chi connectivity index (χ3n) is 1.93. The fourth-order valence-corrected chi connectivity index (χ4v) is 0.993. The van der Waals surface area contributed by atoms with Gasteiger partial charge in [-0.15, -0.1) is 0 Å². The monoisotopic (exact) mass is 195 g/mol. The fraction of sp³-hybridized carbons (Fsp3) is 0.600. The number of nitrogens with zero attached hydrogens (tertiary/aromatic N) is 2. The van der Waals surface area contributed by atoms with Gasteiger partial charge in [-0.25, -0.2) is 4.98 Å². The van der Waals surface area contributed by atoms with E-state index >= 15 is 0 Å². The van der Waals surface area contributed by atoms with Crippen LogP contribution in [-0.2, 0) is 0 Å². The number of nitrogens with two attached hydrogens (primary N) is 1. The first-order valence-electron chi connectivity index (χ1n) is 4.76. The molecule has 0 amide bonds. The molecule has 0 aliphatic rings. The molecule has 2 N–H and O–H groups in total. The maximum absolute atomic E-state index is 5.74. The number of rotatable bonds is 3. The lowest BCUT2D eigenvalue weighted by atomic mass is 10.2. The van der Waals surface area contributed by atoms with E-state index in [0.717, 1.165) is 5.76 Å². The fourth-order valence-electron chi connectivity index (χ4n) is 0.993. The van der Waals surface area contributed by atoms with Crippen LogP contribution < -0.4 is 5.73 Å². The summed E-state index contributed by atoms with van der Waals surface area (Å²) in [6, 6.07) is -0.105. The summed E-state index contributed by atoms with van der Waals surface area (Å²) >= 11 is 0. The minimum atomic E-state index is -0.105. The zero-order chi connectivity index (χ0) is 10.7. The molecule has 4 heteroatoms. The van der Waals surface area contributed by atoms with E-state index in [4.69, 9.17) is 10.2 Å². The molecule has 0 aromatic carbocycles. The SMILES string of the molecule is Cc1cnc(C(C)N=C(N)C(C)C)o1. The molecule has 78 valence electrons. The Kier molecular flexibility index (Phi) is 3.28. The Morgan fingerprint density at radius 3 is 2.57 bits per heavy atom. The predicted molar refractivity (Wildman–Crippen MR) is 56.1 cm³/mol. The topological polar surface area (TPSA) is 64.4 Å². The largest absolute Gasteiger partial charge is 0.444 e. The number of hydrogen-bond acceptors (Lipinski definition) is 3. The van der Waals surface area contributed by atoms with Gasteiger partial charge in [-0.1, -0.05) is 13.8 Å². The third kappa shape index (κ3) is 2.58. The zero-order valence-electron chi connectivity index (χ0n) is 9.11. The van der Waals surface area contributed by atoms with E-state index in [1.54, 1.807) is 6.20 Å². The van der Waals surface area contributed by atoms with Gasteiger partial charge in [0.15, 0.2) is 0 Å². The van der Waals surface area contributed by atoms with Crippen LogP contribution in [0.2, 0.25) is 0 Å². The Balaban J connectivity index is 2.76. The van der Waals surface area contributed by atoms with Crippen LogP contribution in [0.4, 0.5) is 0 Å². The maximum atomic E-state index is 5.74. The summed E-state index contributed by atoms with van der Waals surface area (Å²) in [5.41, 5.74) is 5.74. The lowest BCUT2D eigenvalue weighted by molar-refractivity contribution is 0.444. The third-order valence-corrected chi connectivity index (χ3v) is 1.93. The Labute approximate surface area is 84.2 Å². The Morgan fingerprint density at radius 2 is 2.14 bits per heavy atom. The highest BCUT2D eigenvalue weighted by Gasteiger charge is 2.11. The molecule has 0 aliphatic heterocycles. The van der Waals surface area contributed by atoms with Gasteiger partial charge in [-0.3, -0.25) is 4.99 Å². The second-order valence-corrected chi connectivity index (χ2v) is 3.69. The van der Waals surface area contributed by atoms with Crippen molar-refractivity contribution in [2.24, 2.45) is 16.6 Å². The quantitative estimate of drug-likeness (QED) is 0.593. The van der Waals surface area contributed by atoms with Gasteiger partial charge in [0.05, 0.1) is 12.0 Å². The summed E-state index contributed by atoms with van der Waals surface area (Å²) in [4.78, 5) is 8.40. The Bertz CT molecular complexity index is 328. The number of oxazole rings is 1. The van der Waals surface area contributed by atoms with Crippen molar-refractivity contribution in [1.82, 2.24) is 4.98 Å². The van der Waals surface area contributed by atoms with Crippen molar-refractivity contribution in [3.8, 4) is 0 Å². The molecule has 1 unspecified atom stereocenters. The smallest absolute Gasteiger partial charge is 0.218 e. The van der Waals surface area contributed by atoms with Gasteiger partial charge in [0.2, 0.25) is 5.89 Å². The van der Waals surface area contributed by atoms with Gasteiger partial charge < -0.3 is 10.2 Å². The lowest BCUT2D eigenvalue weighted by Crippen LogP contribution is -2.19. The molecule has 0 radical (unpaired) electrons. The van der Waals surface area contributed by atoms with E-state index in [1.165, 1.54) is 0 Å². The highest BCUT2D eigenvalue weighted by atomic mass is 16.4. The van der Waals surface area contributed by atoms with E-state index in [-0.39, 0.29) is 12.0 Å². The first-order chi connectivity index (χ1) is 6.50. The van der Waals surface area contributed by atoms with Crippen molar-refractivity contribution in [1.29, 1.82) is 0 Å². The second-order valence-electron chi connectivity index (χ2n) is 3.69. The van der Waals surface area contributed by atoms with Crippen molar-refractivity contribution in [2.75, 3.05) is 0 Å². The van der Waals surface area contributed by atoms with Crippen LogP contribution >= 0.6 is 0 Å². The average molecular weight is 195 g/mol. The molecular formula is C10H17N3O. The lowest BCUT2D eigenvalue weighted by Gasteiger charge is -2.07. The van der Waals surface area contributed by atoms with Crippen molar-refractivity contribution in [2.45, 2.75) is 33.7 Å². The standard InChI is InChI=1S/C10H17N3O/c1-6(2)9(11)13-8(4)10-12-5-7(3)14-10/h5-6,8H,1-4H3,(H2,11,13). The summed E-state index contributed by atoms with van der Waals surface area (Å²) in [6.45, 7) is 7.79. The number of aliphatic imine (C=N–C) groups is 1. The van der Waals surface area contributed by atoms with Gasteiger partial charge in [-0.2, -0.15) is 0 Å². The molecule has 0 fully saturated rings. The van der Waals surface area contributed by atoms with Crippen LogP contribution in [0, 0.1) is 12.8 Å². The number of aromatic nitrogens is 1. The number of amidine groups is 1. The van der Waals surface area contributed by atoms with Crippen LogP contribution in [0.25, 0.3) is 0 Å². The molecule has 14 heavy (non-hydrogen) atoms. The van der Waals surface area contributed by atoms with Gasteiger partial charge >= 0.3 is 0 Å². The molecule has 1 aromatic heterocycles. The van der Waals surface area contributed by atoms with E-state index < -0.39 is 0 Å². The van der Waals surface area contributed by atoms with Crippen LogP contribution in [0.1, 0.15) is 38.5 Å². The van der Waals surface area contributed by atoms with Gasteiger partial charge in [0, 0.05) is 5.92 Å². The molecule has 1 rings (SSSR count). The molecule has 0 saturated carbocycles. The first-order valence-corrected chi connectivity index (χ1v) is 4.76. The predicted octanol–water partition coefficient (Wildman–Crippen LogP) is 2.06. The molecule has 1 heterocycles. The van der Waals surface area contributed by atoms with Crippen LogP contribution in [0.5, 0.6) is 0 Å². The minimum Gasteiger partial charge on any atom is -0.444 e. The van der Waals surface area contributed by atoms with Gasteiger partial charge in [0.1, 0.15) is 11.8 Å². The summed E-state index contributed by atoms with van der Waals surface area (Å²) in [6.07, 6.45) is 1.69. The number of hydrogen-bond donors (Lipinski definition) is 1. The highest BCUT2D eigenvalue weighted by Crippen LogP contribution is 2.16. The van der Waals surface area contributed by atoms with E-state index in [1.807, 2.05) is 27.7 Å². The Morgan fingerprint density at radius 1 is 1.50 bits per heavy atom. The molecule has 1 aromatic rings. The highest BCUT2D eigenvalue weighted by molar-refractivity contribution is 5.82. The van der Waals surface area contributed by atoms with Crippen molar-refractivity contribution in [3.63, 3.8) is 0 Å². The molecule has 0 aliphatic carbocycles.